The molecule has 1 heterocycles. The van der Waals surface area contributed by atoms with Crippen molar-refractivity contribution in [3.05, 3.63) is 0 Å². The van der Waals surface area contributed by atoms with Gasteiger partial charge in [0.1, 0.15) is 0 Å². The average molecular weight is 198 g/mol. The molecule has 14 heavy (non-hydrogen) atoms. The summed E-state index contributed by atoms with van der Waals surface area (Å²) in [7, 11) is 0. The van der Waals surface area contributed by atoms with Crippen molar-refractivity contribution in [3.8, 4) is 0 Å². The van der Waals surface area contributed by atoms with Crippen LogP contribution in [-0.4, -0.2) is 36.6 Å². The summed E-state index contributed by atoms with van der Waals surface area (Å²) in [6, 6.07) is 1.41. The average Bonchev–Trinajstić information content (AvgIpc) is 2.62. The summed E-state index contributed by atoms with van der Waals surface area (Å²) in [6.45, 7) is 12.9. The van der Waals surface area contributed by atoms with E-state index >= 15 is 0 Å². The van der Waals surface area contributed by atoms with Gasteiger partial charge in [-0.25, -0.2) is 0 Å². The molecule has 0 aliphatic carbocycles. The molecule has 2 heteroatoms. The van der Waals surface area contributed by atoms with Gasteiger partial charge in [0.05, 0.1) is 0 Å². The number of hydrogen-bond donors (Lipinski definition) is 1. The van der Waals surface area contributed by atoms with Crippen LogP contribution in [-0.2, 0) is 0 Å². The van der Waals surface area contributed by atoms with Gasteiger partial charge in [0, 0.05) is 18.6 Å². The Kier molecular flexibility index (Phi) is 4.90. The molecule has 2 unspecified atom stereocenters. The smallest absolute Gasteiger partial charge is 0.00644 e. The van der Waals surface area contributed by atoms with Crippen molar-refractivity contribution in [2.24, 2.45) is 5.92 Å². The molecule has 0 spiro atoms. The lowest BCUT2D eigenvalue weighted by atomic mass is 10.1. The van der Waals surface area contributed by atoms with Gasteiger partial charge in [0.15, 0.2) is 0 Å². The highest BCUT2D eigenvalue weighted by Crippen LogP contribution is 2.19. The zero-order chi connectivity index (χ0) is 10.6. The van der Waals surface area contributed by atoms with E-state index in [1.165, 1.54) is 32.5 Å². The molecule has 2 nitrogen and oxygen atoms in total. The van der Waals surface area contributed by atoms with Gasteiger partial charge in [-0.1, -0.05) is 20.8 Å². The zero-order valence-electron chi connectivity index (χ0n) is 10.2. The highest BCUT2D eigenvalue weighted by Gasteiger charge is 2.24. The molecule has 0 saturated carbocycles. The van der Waals surface area contributed by atoms with Crippen LogP contribution in [0.3, 0.4) is 0 Å². The minimum Gasteiger partial charge on any atom is -0.314 e. The second kappa shape index (κ2) is 5.72. The van der Waals surface area contributed by atoms with Crippen molar-refractivity contribution in [2.75, 3.05) is 19.6 Å². The molecule has 2 atom stereocenters. The van der Waals surface area contributed by atoms with Crippen LogP contribution in [0.1, 0.15) is 40.5 Å². The van der Waals surface area contributed by atoms with E-state index < -0.39 is 0 Å². The molecule has 0 aromatic rings. The predicted molar refractivity (Wildman–Crippen MR) is 62.6 cm³/mol. The molecule has 1 aliphatic rings. The number of nitrogens with zero attached hydrogens (tertiary/aromatic N) is 1. The lowest BCUT2D eigenvalue weighted by molar-refractivity contribution is 0.242. The van der Waals surface area contributed by atoms with Crippen LogP contribution in [0.15, 0.2) is 0 Å². The standard InChI is InChI=1S/C12H26N2/c1-5-11(4)14-7-6-12(9-14)8-13-10(2)3/h10-13H,5-9H2,1-4H3. The first kappa shape index (κ1) is 12.0. The highest BCUT2D eigenvalue weighted by atomic mass is 15.2. The van der Waals surface area contributed by atoms with E-state index in [-0.39, 0.29) is 0 Å². The normalized spacial score (nSPS) is 25.9. The lowest BCUT2D eigenvalue weighted by Gasteiger charge is -2.23. The van der Waals surface area contributed by atoms with Gasteiger partial charge in [0.2, 0.25) is 0 Å². The molecule has 0 aromatic heterocycles. The van der Waals surface area contributed by atoms with Crippen LogP contribution in [0.4, 0.5) is 0 Å². The van der Waals surface area contributed by atoms with Gasteiger partial charge >= 0.3 is 0 Å². The zero-order valence-corrected chi connectivity index (χ0v) is 10.2. The first-order valence-corrected chi connectivity index (χ1v) is 6.11. The molecular formula is C12H26N2. The molecule has 1 aliphatic heterocycles. The monoisotopic (exact) mass is 198 g/mol. The van der Waals surface area contributed by atoms with E-state index in [1.807, 2.05) is 0 Å². The second-order valence-electron chi connectivity index (χ2n) is 4.97. The fourth-order valence-corrected chi connectivity index (χ4v) is 2.09. The fraction of sp³-hybridized carbons (Fsp3) is 1.00. The van der Waals surface area contributed by atoms with Crippen LogP contribution < -0.4 is 5.32 Å². The van der Waals surface area contributed by atoms with Crippen molar-refractivity contribution in [3.63, 3.8) is 0 Å². The summed E-state index contributed by atoms with van der Waals surface area (Å²) in [5, 5.41) is 3.54. The maximum Gasteiger partial charge on any atom is 0.00644 e. The summed E-state index contributed by atoms with van der Waals surface area (Å²) in [5.74, 6) is 0.881. The maximum atomic E-state index is 3.54. The summed E-state index contributed by atoms with van der Waals surface area (Å²) < 4.78 is 0. The topological polar surface area (TPSA) is 15.3 Å². The summed E-state index contributed by atoms with van der Waals surface area (Å²) >= 11 is 0. The first-order chi connectivity index (χ1) is 6.63. The van der Waals surface area contributed by atoms with Gasteiger partial charge in [-0.3, -0.25) is 0 Å². The molecule has 1 rings (SSSR count). The van der Waals surface area contributed by atoms with Gasteiger partial charge < -0.3 is 10.2 Å². The predicted octanol–water partition coefficient (Wildman–Crippen LogP) is 2.10. The van der Waals surface area contributed by atoms with Gasteiger partial charge in [-0.2, -0.15) is 0 Å². The third-order valence-electron chi connectivity index (χ3n) is 3.35. The Labute approximate surface area is 89.1 Å². The number of nitrogens with one attached hydrogen (secondary N) is 1. The number of hydrogen-bond acceptors (Lipinski definition) is 2. The Hall–Kier alpha value is -0.0800. The SMILES string of the molecule is CCC(C)N1CCC(CNC(C)C)C1. The molecular weight excluding hydrogens is 172 g/mol. The molecule has 0 aromatic carbocycles. The second-order valence-corrected chi connectivity index (χ2v) is 4.97. The van der Waals surface area contributed by atoms with Gasteiger partial charge in [-0.15, -0.1) is 0 Å². The molecule has 84 valence electrons. The van der Waals surface area contributed by atoms with Crippen LogP contribution in [0.2, 0.25) is 0 Å². The minimum atomic E-state index is 0.632. The van der Waals surface area contributed by atoms with E-state index in [0.717, 1.165) is 12.0 Å². The molecule has 0 amide bonds. The van der Waals surface area contributed by atoms with Crippen molar-refractivity contribution in [2.45, 2.75) is 52.6 Å². The van der Waals surface area contributed by atoms with E-state index in [9.17, 15) is 0 Å². The Bertz CT molecular complexity index is 156. The largest absolute Gasteiger partial charge is 0.314 e. The molecule has 0 radical (unpaired) electrons. The molecule has 1 saturated heterocycles. The quantitative estimate of drug-likeness (QED) is 0.728. The summed E-state index contributed by atoms with van der Waals surface area (Å²) in [6.07, 6.45) is 2.66. The van der Waals surface area contributed by atoms with Gasteiger partial charge in [-0.05, 0) is 38.8 Å². The van der Waals surface area contributed by atoms with E-state index in [2.05, 4.69) is 37.9 Å². The van der Waals surface area contributed by atoms with Crippen LogP contribution in [0, 0.1) is 5.92 Å². The first-order valence-electron chi connectivity index (χ1n) is 6.11. The van der Waals surface area contributed by atoms with Crippen LogP contribution >= 0.6 is 0 Å². The fourth-order valence-electron chi connectivity index (χ4n) is 2.09. The summed E-state index contributed by atoms with van der Waals surface area (Å²) in [4.78, 5) is 2.63. The Morgan fingerprint density at radius 1 is 1.36 bits per heavy atom. The number of rotatable bonds is 5. The van der Waals surface area contributed by atoms with Crippen LogP contribution in [0.25, 0.3) is 0 Å². The maximum absolute atomic E-state index is 3.54. The lowest BCUT2D eigenvalue weighted by Crippen LogP contribution is -2.33. The van der Waals surface area contributed by atoms with E-state index in [1.54, 1.807) is 0 Å². The molecule has 0 bridgehead atoms. The Balaban J connectivity index is 2.20. The summed E-state index contributed by atoms with van der Waals surface area (Å²) in [5.41, 5.74) is 0. The van der Waals surface area contributed by atoms with Crippen molar-refractivity contribution in [1.29, 1.82) is 0 Å². The molecule has 1 fully saturated rings. The third-order valence-corrected chi connectivity index (χ3v) is 3.35. The minimum absolute atomic E-state index is 0.632. The Morgan fingerprint density at radius 3 is 2.64 bits per heavy atom. The molecule has 1 N–H and O–H groups in total. The van der Waals surface area contributed by atoms with Crippen molar-refractivity contribution >= 4 is 0 Å². The van der Waals surface area contributed by atoms with Crippen molar-refractivity contribution in [1.82, 2.24) is 10.2 Å². The Morgan fingerprint density at radius 2 is 2.07 bits per heavy atom. The van der Waals surface area contributed by atoms with Gasteiger partial charge in [0.25, 0.3) is 0 Å². The van der Waals surface area contributed by atoms with E-state index in [4.69, 9.17) is 0 Å². The third kappa shape index (κ3) is 3.58. The van der Waals surface area contributed by atoms with Crippen molar-refractivity contribution < 1.29 is 0 Å². The van der Waals surface area contributed by atoms with Crippen LogP contribution in [0.5, 0.6) is 0 Å². The van der Waals surface area contributed by atoms with E-state index in [0.29, 0.717) is 6.04 Å². The highest BCUT2D eigenvalue weighted by molar-refractivity contribution is 4.80. The number of likely N-dealkylation sites (tertiary alicyclic amines) is 1.